The van der Waals surface area contributed by atoms with E-state index >= 15 is 0 Å². The van der Waals surface area contributed by atoms with Crippen LogP contribution >= 0.6 is 0 Å². The van der Waals surface area contributed by atoms with Crippen LogP contribution in [0, 0.1) is 5.41 Å². The third kappa shape index (κ3) is 3.11. The Morgan fingerprint density at radius 2 is 2.29 bits per heavy atom. The van der Waals surface area contributed by atoms with Crippen molar-refractivity contribution in [1.82, 2.24) is 14.5 Å². The number of piperidine rings is 1. The van der Waals surface area contributed by atoms with Crippen LogP contribution in [0.15, 0.2) is 12.4 Å². The zero-order valence-corrected chi connectivity index (χ0v) is 12.8. The maximum absolute atomic E-state index is 11.7. The van der Waals surface area contributed by atoms with Crippen molar-refractivity contribution in [2.24, 2.45) is 5.41 Å². The summed E-state index contributed by atoms with van der Waals surface area (Å²) in [6, 6.07) is 0. The van der Waals surface area contributed by atoms with Crippen molar-refractivity contribution in [3.63, 3.8) is 0 Å². The van der Waals surface area contributed by atoms with Crippen LogP contribution in [0.5, 0.6) is 0 Å². The van der Waals surface area contributed by atoms with Gasteiger partial charge in [0.25, 0.3) is 0 Å². The number of aromatic nitrogens is 2. The molecule has 0 amide bonds. The Bertz CT molecular complexity index is 488. The average Bonchev–Trinajstić information content (AvgIpc) is 2.89. The van der Waals surface area contributed by atoms with Gasteiger partial charge < -0.3 is 14.8 Å². The fraction of sp³-hybridized carbons (Fsp3) is 0.733. The number of likely N-dealkylation sites (tertiary alicyclic amines) is 1. The number of aliphatic hydroxyl groups is 1. The number of hydrogen-bond donors (Lipinski definition) is 2. The molecule has 0 unspecified atom stereocenters. The Kier molecular flexibility index (Phi) is 5.00. The predicted octanol–water partition coefficient (Wildman–Crippen LogP) is 1.34. The number of aliphatic hydroxyl groups excluding tert-OH is 1. The van der Waals surface area contributed by atoms with E-state index in [4.69, 9.17) is 0 Å². The fourth-order valence-corrected chi connectivity index (χ4v) is 3.29. The van der Waals surface area contributed by atoms with Crippen LogP contribution in [0.4, 0.5) is 0 Å². The first-order chi connectivity index (χ1) is 10.0. The number of carboxylic acids is 1. The van der Waals surface area contributed by atoms with Gasteiger partial charge in [-0.1, -0.05) is 13.3 Å². The molecule has 21 heavy (non-hydrogen) atoms. The van der Waals surface area contributed by atoms with E-state index in [0.717, 1.165) is 18.8 Å². The molecular formula is C15H25N3O3. The monoisotopic (exact) mass is 295 g/mol. The van der Waals surface area contributed by atoms with Crippen molar-refractivity contribution in [2.45, 2.75) is 52.3 Å². The summed E-state index contributed by atoms with van der Waals surface area (Å²) in [4.78, 5) is 18.2. The van der Waals surface area contributed by atoms with E-state index in [1.54, 1.807) is 6.20 Å². The molecule has 6 nitrogen and oxygen atoms in total. The van der Waals surface area contributed by atoms with Gasteiger partial charge >= 0.3 is 5.97 Å². The molecule has 2 N–H and O–H groups in total. The van der Waals surface area contributed by atoms with E-state index in [-0.39, 0.29) is 0 Å². The van der Waals surface area contributed by atoms with Crippen LogP contribution in [0.25, 0.3) is 0 Å². The third-order valence-electron chi connectivity index (χ3n) is 4.49. The highest BCUT2D eigenvalue weighted by atomic mass is 16.4. The van der Waals surface area contributed by atoms with Gasteiger partial charge in [-0.3, -0.25) is 9.69 Å². The minimum absolute atomic E-state index is 0.383. The molecule has 1 fully saturated rings. The number of carboxylic acid groups (broad SMARTS) is 1. The second-order valence-corrected chi connectivity index (χ2v) is 5.86. The summed E-state index contributed by atoms with van der Waals surface area (Å²) in [5, 5.41) is 19.9. The van der Waals surface area contributed by atoms with Crippen LogP contribution in [-0.4, -0.2) is 49.8 Å². The molecule has 118 valence electrons. The topological polar surface area (TPSA) is 78.6 Å². The number of nitrogens with zero attached hydrogens (tertiary/aromatic N) is 3. The molecule has 1 aliphatic heterocycles. The van der Waals surface area contributed by atoms with Crippen molar-refractivity contribution < 1.29 is 15.0 Å². The molecule has 0 radical (unpaired) electrons. The molecule has 1 aromatic rings. The Labute approximate surface area is 125 Å². The molecule has 2 atom stereocenters. The van der Waals surface area contributed by atoms with Crippen LogP contribution in [0.3, 0.4) is 0 Å². The van der Waals surface area contributed by atoms with Gasteiger partial charge in [-0.05, 0) is 19.8 Å². The number of aliphatic carboxylic acids is 1. The molecule has 0 spiro atoms. The normalized spacial score (nSPS) is 26.9. The smallest absolute Gasteiger partial charge is 0.313 e. The summed E-state index contributed by atoms with van der Waals surface area (Å²) in [6.07, 6.45) is 4.69. The lowest BCUT2D eigenvalue weighted by Crippen LogP contribution is -2.55. The first kappa shape index (κ1) is 16.0. The van der Waals surface area contributed by atoms with Crippen LogP contribution in [-0.2, 0) is 17.9 Å². The molecular weight excluding hydrogens is 270 g/mol. The summed E-state index contributed by atoms with van der Waals surface area (Å²) in [5.74, 6) is 0.0602. The summed E-state index contributed by atoms with van der Waals surface area (Å²) in [7, 11) is 0. The van der Waals surface area contributed by atoms with Crippen LogP contribution < -0.4 is 0 Å². The Morgan fingerprint density at radius 3 is 2.90 bits per heavy atom. The molecule has 0 saturated carbocycles. The molecule has 2 heterocycles. The highest BCUT2D eigenvalue weighted by molar-refractivity contribution is 5.76. The molecule has 1 saturated heterocycles. The Balaban J connectivity index is 2.14. The quantitative estimate of drug-likeness (QED) is 0.828. The molecule has 6 heteroatoms. The molecule has 0 aliphatic carbocycles. The van der Waals surface area contributed by atoms with Gasteiger partial charge in [0.15, 0.2) is 0 Å². The second kappa shape index (κ2) is 6.58. The van der Waals surface area contributed by atoms with Crippen molar-refractivity contribution in [1.29, 1.82) is 0 Å². The fourth-order valence-electron chi connectivity index (χ4n) is 3.29. The van der Waals surface area contributed by atoms with E-state index < -0.39 is 17.5 Å². The average molecular weight is 295 g/mol. The molecule has 0 bridgehead atoms. The van der Waals surface area contributed by atoms with E-state index in [2.05, 4.69) is 21.4 Å². The van der Waals surface area contributed by atoms with Gasteiger partial charge in [-0.2, -0.15) is 0 Å². The van der Waals surface area contributed by atoms with Gasteiger partial charge in [0.1, 0.15) is 11.2 Å². The van der Waals surface area contributed by atoms with Crippen LogP contribution in [0.2, 0.25) is 0 Å². The lowest BCUT2D eigenvalue weighted by atomic mass is 9.74. The Hall–Kier alpha value is -1.40. The van der Waals surface area contributed by atoms with Crippen LogP contribution in [0.1, 0.15) is 38.9 Å². The van der Waals surface area contributed by atoms with E-state index in [9.17, 15) is 15.0 Å². The van der Waals surface area contributed by atoms with Crippen molar-refractivity contribution in [3.05, 3.63) is 18.2 Å². The highest BCUT2D eigenvalue weighted by Gasteiger charge is 2.48. The number of hydrogen-bond acceptors (Lipinski definition) is 4. The summed E-state index contributed by atoms with van der Waals surface area (Å²) < 4.78 is 2.06. The number of rotatable bonds is 6. The number of carbonyl (C=O) groups is 1. The van der Waals surface area contributed by atoms with Gasteiger partial charge in [0.2, 0.25) is 0 Å². The van der Waals surface area contributed by atoms with Gasteiger partial charge in [-0.15, -0.1) is 0 Å². The lowest BCUT2D eigenvalue weighted by Gasteiger charge is -2.43. The number of aryl methyl sites for hydroxylation is 1. The standard InChI is InChI=1S/C15H25N3O3/c1-3-6-15(14(20)21)11-17(8-5-12(15)19)10-13-16-7-9-18(13)4-2/h7,9,12,19H,3-6,8,10-11H2,1-2H3,(H,20,21)/t12-,15+/m0/s1. The minimum atomic E-state index is -1.05. The number of imidazole rings is 1. The van der Waals surface area contributed by atoms with Gasteiger partial charge in [0, 0.05) is 32.0 Å². The third-order valence-corrected chi connectivity index (χ3v) is 4.49. The van der Waals surface area contributed by atoms with Gasteiger partial charge in [0.05, 0.1) is 12.6 Å². The second-order valence-electron chi connectivity index (χ2n) is 5.86. The summed E-state index contributed by atoms with van der Waals surface area (Å²) in [5.41, 5.74) is -1.05. The van der Waals surface area contributed by atoms with E-state index in [1.165, 1.54) is 0 Å². The highest BCUT2D eigenvalue weighted by Crippen LogP contribution is 2.35. The first-order valence-corrected chi connectivity index (χ1v) is 7.67. The molecule has 1 aliphatic rings. The predicted molar refractivity (Wildman–Crippen MR) is 78.8 cm³/mol. The SMILES string of the molecule is CCC[C@@]1(C(=O)O)CN(Cc2nccn2CC)CC[C@@H]1O. The van der Waals surface area contributed by atoms with Crippen molar-refractivity contribution in [3.8, 4) is 0 Å². The van der Waals surface area contributed by atoms with E-state index in [1.807, 2.05) is 13.1 Å². The largest absolute Gasteiger partial charge is 0.481 e. The summed E-state index contributed by atoms with van der Waals surface area (Å²) in [6.45, 7) is 6.59. The summed E-state index contributed by atoms with van der Waals surface area (Å²) >= 11 is 0. The lowest BCUT2D eigenvalue weighted by molar-refractivity contribution is -0.164. The minimum Gasteiger partial charge on any atom is -0.481 e. The van der Waals surface area contributed by atoms with Crippen molar-refractivity contribution in [2.75, 3.05) is 13.1 Å². The zero-order valence-electron chi connectivity index (χ0n) is 12.8. The Morgan fingerprint density at radius 1 is 1.52 bits per heavy atom. The zero-order chi connectivity index (χ0) is 15.5. The molecule has 1 aromatic heterocycles. The molecule has 0 aromatic carbocycles. The maximum Gasteiger partial charge on any atom is 0.313 e. The maximum atomic E-state index is 11.7. The first-order valence-electron chi connectivity index (χ1n) is 7.67. The molecule has 2 rings (SSSR count). The van der Waals surface area contributed by atoms with E-state index in [0.29, 0.717) is 32.5 Å². The van der Waals surface area contributed by atoms with Gasteiger partial charge in [-0.25, -0.2) is 4.98 Å². The van der Waals surface area contributed by atoms with Crippen molar-refractivity contribution >= 4 is 5.97 Å².